The Kier molecular flexibility index (Phi) is 3.90. The van der Waals surface area contributed by atoms with E-state index >= 15 is 0 Å². The Morgan fingerprint density at radius 1 is 1.26 bits per heavy atom. The van der Waals surface area contributed by atoms with Gasteiger partial charge in [-0.1, -0.05) is 25.5 Å². The van der Waals surface area contributed by atoms with Crippen LogP contribution in [0.2, 0.25) is 0 Å². The largest absolute Gasteiger partial charge is 0.478 e. The molecule has 19 heavy (non-hydrogen) atoms. The number of carbonyl (C=O) groups is 1. The van der Waals surface area contributed by atoms with Gasteiger partial charge in [-0.3, -0.25) is 4.98 Å². The van der Waals surface area contributed by atoms with Crippen molar-refractivity contribution in [3.63, 3.8) is 0 Å². The van der Waals surface area contributed by atoms with E-state index in [9.17, 15) is 9.18 Å². The molecule has 1 N–H and O–H groups in total. The minimum atomic E-state index is -1.00. The van der Waals surface area contributed by atoms with E-state index in [0.29, 0.717) is 23.4 Å². The van der Waals surface area contributed by atoms with Gasteiger partial charge in [0.1, 0.15) is 5.82 Å². The second kappa shape index (κ2) is 5.61. The lowest BCUT2D eigenvalue weighted by Gasteiger charge is -2.08. The van der Waals surface area contributed by atoms with Gasteiger partial charge in [0.25, 0.3) is 0 Å². The number of carboxylic acids is 1. The van der Waals surface area contributed by atoms with Crippen LogP contribution in [0.4, 0.5) is 4.39 Å². The third kappa shape index (κ3) is 2.78. The summed E-state index contributed by atoms with van der Waals surface area (Å²) in [5.74, 6) is -1.36. The number of benzene rings is 1. The van der Waals surface area contributed by atoms with Gasteiger partial charge in [-0.25, -0.2) is 9.18 Å². The Balaban J connectivity index is 2.52. The summed E-state index contributed by atoms with van der Waals surface area (Å²) in [6.07, 6.45) is 1.35. The molecular weight excluding hydrogens is 245 g/mol. The molecule has 1 aromatic heterocycles. The van der Waals surface area contributed by atoms with Crippen LogP contribution in [-0.4, -0.2) is 16.1 Å². The van der Waals surface area contributed by atoms with Crippen LogP contribution >= 0.6 is 0 Å². The maximum atomic E-state index is 13.7. The summed E-state index contributed by atoms with van der Waals surface area (Å²) in [5.41, 5.74) is 1.53. The number of pyridine rings is 1. The SMILES string of the molecule is CCCc1nc(-c2ccccc2F)ccc1C(=O)O. The fourth-order valence-electron chi connectivity index (χ4n) is 1.94. The van der Waals surface area contributed by atoms with Gasteiger partial charge in [-0.05, 0) is 30.7 Å². The molecule has 2 rings (SSSR count). The van der Waals surface area contributed by atoms with Crippen LogP contribution in [0.3, 0.4) is 0 Å². The summed E-state index contributed by atoms with van der Waals surface area (Å²) in [6.45, 7) is 1.95. The minimum absolute atomic E-state index is 0.182. The van der Waals surface area contributed by atoms with E-state index in [0.717, 1.165) is 6.42 Å². The normalized spacial score (nSPS) is 10.4. The van der Waals surface area contributed by atoms with Gasteiger partial charge in [0, 0.05) is 5.56 Å². The zero-order valence-electron chi connectivity index (χ0n) is 10.6. The predicted molar refractivity (Wildman–Crippen MR) is 70.6 cm³/mol. The lowest BCUT2D eigenvalue weighted by molar-refractivity contribution is 0.0695. The number of hydrogen-bond donors (Lipinski definition) is 1. The van der Waals surface area contributed by atoms with Crippen LogP contribution in [0.15, 0.2) is 36.4 Å². The molecule has 0 fully saturated rings. The maximum absolute atomic E-state index is 13.7. The van der Waals surface area contributed by atoms with Crippen molar-refractivity contribution < 1.29 is 14.3 Å². The summed E-state index contributed by atoms with van der Waals surface area (Å²) in [4.78, 5) is 15.4. The second-order valence-electron chi connectivity index (χ2n) is 4.23. The van der Waals surface area contributed by atoms with Crippen LogP contribution in [0.1, 0.15) is 29.4 Å². The fraction of sp³-hybridized carbons (Fsp3) is 0.200. The Labute approximate surface area is 110 Å². The predicted octanol–water partition coefficient (Wildman–Crippen LogP) is 3.54. The van der Waals surface area contributed by atoms with Crippen molar-refractivity contribution in [3.8, 4) is 11.3 Å². The monoisotopic (exact) mass is 259 g/mol. The van der Waals surface area contributed by atoms with Crippen molar-refractivity contribution in [1.82, 2.24) is 4.98 Å². The van der Waals surface area contributed by atoms with Crippen molar-refractivity contribution in [2.24, 2.45) is 0 Å². The number of aromatic nitrogens is 1. The van der Waals surface area contributed by atoms with Crippen LogP contribution in [-0.2, 0) is 6.42 Å². The van der Waals surface area contributed by atoms with E-state index in [1.54, 1.807) is 24.3 Å². The quantitative estimate of drug-likeness (QED) is 0.913. The molecule has 0 unspecified atom stereocenters. The molecule has 0 aliphatic heterocycles. The van der Waals surface area contributed by atoms with Crippen molar-refractivity contribution in [3.05, 3.63) is 53.5 Å². The van der Waals surface area contributed by atoms with Crippen LogP contribution in [0.5, 0.6) is 0 Å². The van der Waals surface area contributed by atoms with E-state index in [2.05, 4.69) is 4.98 Å². The van der Waals surface area contributed by atoms with E-state index in [1.807, 2.05) is 6.92 Å². The number of rotatable bonds is 4. The summed E-state index contributed by atoms with van der Waals surface area (Å²) < 4.78 is 13.7. The molecule has 0 spiro atoms. The summed E-state index contributed by atoms with van der Waals surface area (Å²) in [6, 6.07) is 9.36. The van der Waals surface area contributed by atoms with Gasteiger partial charge in [-0.2, -0.15) is 0 Å². The Morgan fingerprint density at radius 2 is 2.00 bits per heavy atom. The zero-order valence-corrected chi connectivity index (χ0v) is 10.6. The molecule has 0 amide bonds. The number of halogens is 1. The molecular formula is C15H14FNO2. The Hall–Kier alpha value is -2.23. The van der Waals surface area contributed by atoms with E-state index in [1.165, 1.54) is 12.1 Å². The smallest absolute Gasteiger partial charge is 0.337 e. The summed E-state index contributed by atoms with van der Waals surface area (Å²) >= 11 is 0. The number of carboxylic acid groups (broad SMARTS) is 1. The first-order chi connectivity index (χ1) is 9.13. The third-order valence-electron chi connectivity index (χ3n) is 2.84. The highest BCUT2D eigenvalue weighted by atomic mass is 19.1. The van der Waals surface area contributed by atoms with Crippen molar-refractivity contribution in [1.29, 1.82) is 0 Å². The van der Waals surface area contributed by atoms with Gasteiger partial charge in [-0.15, -0.1) is 0 Å². The number of aromatic carboxylic acids is 1. The van der Waals surface area contributed by atoms with Crippen LogP contribution in [0.25, 0.3) is 11.3 Å². The topological polar surface area (TPSA) is 50.2 Å². The molecule has 98 valence electrons. The first kappa shape index (κ1) is 13.2. The van der Waals surface area contributed by atoms with Crippen LogP contribution in [0, 0.1) is 5.82 Å². The van der Waals surface area contributed by atoms with Gasteiger partial charge >= 0.3 is 5.97 Å². The number of aryl methyl sites for hydroxylation is 1. The molecule has 0 aliphatic carbocycles. The standard InChI is InChI=1S/C15H14FNO2/c1-2-5-13-11(15(18)19)8-9-14(17-13)10-6-3-4-7-12(10)16/h3-4,6-9H,2,5H2,1H3,(H,18,19). The molecule has 0 aliphatic rings. The van der Waals surface area contributed by atoms with E-state index < -0.39 is 5.97 Å². The molecule has 0 saturated heterocycles. The summed E-state index contributed by atoms with van der Waals surface area (Å²) in [5, 5.41) is 9.09. The van der Waals surface area contributed by atoms with E-state index in [4.69, 9.17) is 5.11 Å². The first-order valence-electron chi connectivity index (χ1n) is 6.11. The molecule has 0 bridgehead atoms. The number of nitrogens with zero attached hydrogens (tertiary/aromatic N) is 1. The lowest BCUT2D eigenvalue weighted by atomic mass is 10.1. The van der Waals surface area contributed by atoms with Crippen molar-refractivity contribution in [2.75, 3.05) is 0 Å². The van der Waals surface area contributed by atoms with Gasteiger partial charge in [0.15, 0.2) is 0 Å². The first-order valence-corrected chi connectivity index (χ1v) is 6.11. The molecule has 2 aromatic rings. The molecule has 0 saturated carbocycles. The van der Waals surface area contributed by atoms with E-state index in [-0.39, 0.29) is 11.4 Å². The third-order valence-corrected chi connectivity index (χ3v) is 2.84. The van der Waals surface area contributed by atoms with Crippen molar-refractivity contribution >= 4 is 5.97 Å². The second-order valence-corrected chi connectivity index (χ2v) is 4.23. The highest BCUT2D eigenvalue weighted by molar-refractivity contribution is 5.89. The maximum Gasteiger partial charge on any atom is 0.337 e. The Morgan fingerprint density at radius 3 is 2.63 bits per heavy atom. The lowest BCUT2D eigenvalue weighted by Crippen LogP contribution is -2.05. The fourth-order valence-corrected chi connectivity index (χ4v) is 1.94. The molecule has 0 atom stereocenters. The highest BCUT2D eigenvalue weighted by Gasteiger charge is 2.13. The highest BCUT2D eigenvalue weighted by Crippen LogP contribution is 2.22. The zero-order chi connectivity index (χ0) is 13.8. The molecule has 0 radical (unpaired) electrons. The van der Waals surface area contributed by atoms with Crippen molar-refractivity contribution in [2.45, 2.75) is 19.8 Å². The molecule has 3 nitrogen and oxygen atoms in total. The molecule has 1 heterocycles. The summed E-state index contributed by atoms with van der Waals surface area (Å²) in [7, 11) is 0. The number of hydrogen-bond acceptors (Lipinski definition) is 2. The Bertz CT molecular complexity index is 611. The molecule has 4 heteroatoms. The van der Waals surface area contributed by atoms with Gasteiger partial charge in [0.05, 0.1) is 17.0 Å². The van der Waals surface area contributed by atoms with Gasteiger partial charge < -0.3 is 5.11 Å². The minimum Gasteiger partial charge on any atom is -0.478 e. The van der Waals surface area contributed by atoms with Gasteiger partial charge in [0.2, 0.25) is 0 Å². The molecule has 1 aromatic carbocycles. The average molecular weight is 259 g/mol. The average Bonchev–Trinajstić information content (AvgIpc) is 2.39. The van der Waals surface area contributed by atoms with Crippen LogP contribution < -0.4 is 0 Å².